The summed E-state index contributed by atoms with van der Waals surface area (Å²) in [4.78, 5) is 12.4. The van der Waals surface area contributed by atoms with Gasteiger partial charge >= 0.3 is 0 Å². The molecule has 1 aromatic carbocycles. The molecule has 7 heteroatoms. The quantitative estimate of drug-likeness (QED) is 0.841. The van der Waals surface area contributed by atoms with Gasteiger partial charge in [-0.3, -0.25) is 4.79 Å². The lowest BCUT2D eigenvalue weighted by Gasteiger charge is -2.33. The molecule has 0 bridgehead atoms. The van der Waals surface area contributed by atoms with Crippen LogP contribution in [0.3, 0.4) is 0 Å². The number of hydrogen-bond donors (Lipinski definition) is 1. The Morgan fingerprint density at radius 2 is 2.00 bits per heavy atom. The second-order valence-corrected chi connectivity index (χ2v) is 8.69. The molecule has 2 atom stereocenters. The lowest BCUT2D eigenvalue weighted by atomic mass is 9.97. The van der Waals surface area contributed by atoms with Crippen LogP contribution in [-0.4, -0.2) is 56.7 Å². The maximum atomic E-state index is 12.4. The van der Waals surface area contributed by atoms with Crippen molar-refractivity contribution < 1.29 is 13.2 Å². The van der Waals surface area contributed by atoms with Gasteiger partial charge in [0, 0.05) is 33.7 Å². The first-order chi connectivity index (χ1) is 11.3. The number of amides is 1. The summed E-state index contributed by atoms with van der Waals surface area (Å²) in [5.41, 5.74) is 1.18. The molecule has 1 saturated heterocycles. The average Bonchev–Trinajstić information content (AvgIpc) is 2.60. The lowest BCUT2D eigenvalue weighted by Crippen LogP contribution is -2.49. The molecule has 1 fully saturated rings. The normalized spacial score (nSPS) is 20.8. The van der Waals surface area contributed by atoms with E-state index in [1.807, 2.05) is 30.3 Å². The zero-order valence-electron chi connectivity index (χ0n) is 14.6. The molecule has 0 saturated carbocycles. The van der Waals surface area contributed by atoms with Crippen LogP contribution in [0.2, 0.25) is 0 Å². The van der Waals surface area contributed by atoms with Crippen LogP contribution in [0.15, 0.2) is 30.3 Å². The van der Waals surface area contributed by atoms with Gasteiger partial charge in [-0.15, -0.1) is 0 Å². The first-order valence-corrected chi connectivity index (χ1v) is 9.72. The molecule has 0 radical (unpaired) electrons. The van der Waals surface area contributed by atoms with Crippen molar-refractivity contribution >= 4 is 16.1 Å². The highest BCUT2D eigenvalue weighted by Crippen LogP contribution is 2.21. The number of rotatable bonds is 6. The number of benzene rings is 1. The molecule has 24 heavy (non-hydrogen) atoms. The minimum atomic E-state index is -3.45. The van der Waals surface area contributed by atoms with E-state index >= 15 is 0 Å². The number of piperidine rings is 1. The fourth-order valence-electron chi connectivity index (χ4n) is 2.89. The predicted octanol–water partition coefficient (Wildman–Crippen LogP) is 1.42. The molecule has 134 valence electrons. The summed E-state index contributed by atoms with van der Waals surface area (Å²) in [5.74, 6) is -0.117. The molecule has 1 heterocycles. The van der Waals surface area contributed by atoms with E-state index in [9.17, 15) is 13.2 Å². The lowest BCUT2D eigenvalue weighted by molar-refractivity contribution is -0.126. The van der Waals surface area contributed by atoms with E-state index in [4.69, 9.17) is 0 Å². The van der Waals surface area contributed by atoms with Crippen LogP contribution in [0.25, 0.3) is 0 Å². The third kappa shape index (κ3) is 4.55. The van der Waals surface area contributed by atoms with E-state index in [1.54, 1.807) is 0 Å². The SMILES string of the molecule is C[C@H](CNC(=O)[C@H]1CCCN(S(=O)(=O)N(C)C)C1)c1ccccc1. The van der Waals surface area contributed by atoms with Crippen molar-refractivity contribution in [1.29, 1.82) is 0 Å². The molecule has 1 N–H and O–H groups in total. The van der Waals surface area contributed by atoms with Gasteiger partial charge in [-0.2, -0.15) is 17.0 Å². The highest BCUT2D eigenvalue weighted by molar-refractivity contribution is 7.86. The molecule has 1 amide bonds. The molecule has 0 spiro atoms. The Bertz CT molecular complexity index is 646. The van der Waals surface area contributed by atoms with Crippen LogP contribution in [0.5, 0.6) is 0 Å². The monoisotopic (exact) mass is 353 g/mol. The second kappa shape index (κ2) is 8.09. The zero-order chi connectivity index (χ0) is 17.7. The first kappa shape index (κ1) is 18.9. The minimum absolute atomic E-state index is 0.0589. The Hall–Kier alpha value is -1.44. The van der Waals surface area contributed by atoms with Crippen LogP contribution < -0.4 is 5.32 Å². The fourth-order valence-corrected chi connectivity index (χ4v) is 4.08. The Kier molecular flexibility index (Phi) is 6.37. The smallest absolute Gasteiger partial charge is 0.281 e. The summed E-state index contributed by atoms with van der Waals surface area (Å²) < 4.78 is 27.1. The summed E-state index contributed by atoms with van der Waals surface area (Å²) in [6.07, 6.45) is 1.43. The molecule has 0 unspecified atom stereocenters. The largest absolute Gasteiger partial charge is 0.355 e. The van der Waals surface area contributed by atoms with Crippen molar-refractivity contribution in [3.05, 3.63) is 35.9 Å². The number of carbonyl (C=O) groups is 1. The van der Waals surface area contributed by atoms with Gasteiger partial charge < -0.3 is 5.32 Å². The minimum Gasteiger partial charge on any atom is -0.355 e. The van der Waals surface area contributed by atoms with Crippen LogP contribution in [0.4, 0.5) is 0 Å². The van der Waals surface area contributed by atoms with E-state index in [1.165, 1.54) is 28.3 Å². The Balaban J connectivity index is 1.90. The molecule has 6 nitrogen and oxygen atoms in total. The van der Waals surface area contributed by atoms with Crippen molar-refractivity contribution in [3.8, 4) is 0 Å². The summed E-state index contributed by atoms with van der Waals surface area (Å²) >= 11 is 0. The van der Waals surface area contributed by atoms with Crippen molar-refractivity contribution in [3.63, 3.8) is 0 Å². The average molecular weight is 353 g/mol. The summed E-state index contributed by atoms with van der Waals surface area (Å²) in [5, 5.41) is 2.98. The summed E-state index contributed by atoms with van der Waals surface area (Å²) in [6, 6.07) is 10.0. The van der Waals surface area contributed by atoms with Gasteiger partial charge in [-0.1, -0.05) is 37.3 Å². The van der Waals surface area contributed by atoms with Crippen molar-refractivity contribution in [1.82, 2.24) is 13.9 Å². The molecule has 2 rings (SSSR count). The highest BCUT2D eigenvalue weighted by atomic mass is 32.2. The fraction of sp³-hybridized carbons (Fsp3) is 0.588. The Morgan fingerprint density at radius 3 is 2.62 bits per heavy atom. The standard InChI is InChI=1S/C17H27N3O3S/c1-14(15-8-5-4-6-9-15)12-18-17(21)16-10-7-11-20(13-16)24(22,23)19(2)3/h4-6,8-9,14,16H,7,10-13H2,1-3H3,(H,18,21)/t14-,16+/m1/s1. The molecule has 1 aliphatic heterocycles. The van der Waals surface area contributed by atoms with Gasteiger partial charge in [-0.25, -0.2) is 0 Å². The maximum absolute atomic E-state index is 12.4. The van der Waals surface area contributed by atoms with Crippen LogP contribution in [0, 0.1) is 5.92 Å². The molecule has 0 aliphatic carbocycles. The molecular weight excluding hydrogens is 326 g/mol. The van der Waals surface area contributed by atoms with E-state index in [0.717, 1.165) is 6.42 Å². The van der Waals surface area contributed by atoms with Crippen LogP contribution >= 0.6 is 0 Å². The van der Waals surface area contributed by atoms with Gasteiger partial charge in [0.15, 0.2) is 0 Å². The Labute approximate surface area is 145 Å². The van der Waals surface area contributed by atoms with Gasteiger partial charge in [0.25, 0.3) is 10.2 Å². The zero-order valence-corrected chi connectivity index (χ0v) is 15.4. The summed E-state index contributed by atoms with van der Waals surface area (Å²) in [7, 11) is -0.425. The topological polar surface area (TPSA) is 69.7 Å². The Morgan fingerprint density at radius 1 is 1.33 bits per heavy atom. The van der Waals surface area contributed by atoms with Crippen molar-refractivity contribution in [2.75, 3.05) is 33.7 Å². The highest BCUT2D eigenvalue weighted by Gasteiger charge is 2.33. The van der Waals surface area contributed by atoms with Crippen LogP contribution in [-0.2, 0) is 15.0 Å². The van der Waals surface area contributed by atoms with Gasteiger partial charge in [0.1, 0.15) is 0 Å². The van der Waals surface area contributed by atoms with E-state index in [-0.39, 0.29) is 24.3 Å². The third-order valence-corrected chi connectivity index (χ3v) is 6.40. The third-order valence-electron chi connectivity index (χ3n) is 4.49. The van der Waals surface area contributed by atoms with E-state index in [0.29, 0.717) is 19.5 Å². The van der Waals surface area contributed by atoms with Crippen molar-refractivity contribution in [2.45, 2.75) is 25.7 Å². The number of nitrogens with one attached hydrogen (secondary N) is 1. The van der Waals surface area contributed by atoms with Gasteiger partial charge in [0.2, 0.25) is 5.91 Å². The number of hydrogen-bond acceptors (Lipinski definition) is 3. The second-order valence-electron chi connectivity index (χ2n) is 6.54. The number of nitrogens with zero attached hydrogens (tertiary/aromatic N) is 2. The molecule has 0 aromatic heterocycles. The molecular formula is C17H27N3O3S. The molecule has 1 aliphatic rings. The van der Waals surface area contributed by atoms with Crippen molar-refractivity contribution in [2.24, 2.45) is 5.92 Å². The predicted molar refractivity (Wildman–Crippen MR) is 94.8 cm³/mol. The van der Waals surface area contributed by atoms with E-state index in [2.05, 4.69) is 12.2 Å². The molecule has 1 aromatic rings. The van der Waals surface area contributed by atoms with Crippen LogP contribution in [0.1, 0.15) is 31.2 Å². The maximum Gasteiger partial charge on any atom is 0.281 e. The summed E-state index contributed by atoms with van der Waals surface area (Å²) in [6.45, 7) is 3.36. The first-order valence-electron chi connectivity index (χ1n) is 8.32. The number of carbonyl (C=O) groups excluding carboxylic acids is 1. The van der Waals surface area contributed by atoms with Gasteiger partial charge in [-0.05, 0) is 24.3 Å². The van der Waals surface area contributed by atoms with E-state index < -0.39 is 10.2 Å². The van der Waals surface area contributed by atoms with Gasteiger partial charge in [0.05, 0.1) is 5.92 Å².